The van der Waals surface area contributed by atoms with Crippen LogP contribution in [0, 0.1) is 18.3 Å². The van der Waals surface area contributed by atoms with Gasteiger partial charge in [0.05, 0.1) is 12.8 Å². The van der Waals surface area contributed by atoms with Gasteiger partial charge in [-0.25, -0.2) is 5.43 Å². The van der Waals surface area contributed by atoms with Crippen LogP contribution < -0.4 is 10.2 Å². The first-order valence-electron chi connectivity index (χ1n) is 7.09. The summed E-state index contributed by atoms with van der Waals surface area (Å²) in [7, 11) is 1.53. The van der Waals surface area contributed by atoms with E-state index in [1.165, 1.54) is 7.11 Å². The Morgan fingerprint density at radius 1 is 1.57 bits per heavy atom. The summed E-state index contributed by atoms with van der Waals surface area (Å²) in [5.74, 6) is 3.07. The molecule has 1 N–H and O–H groups in total. The van der Waals surface area contributed by atoms with Crippen molar-refractivity contribution in [1.29, 1.82) is 0 Å². The van der Waals surface area contributed by atoms with Crippen LogP contribution in [0.4, 0.5) is 0 Å². The predicted molar refractivity (Wildman–Crippen MR) is 91.5 cm³/mol. The molecule has 1 aromatic carbocycles. The highest BCUT2D eigenvalue weighted by Crippen LogP contribution is 2.26. The molecule has 1 heterocycles. The van der Waals surface area contributed by atoms with E-state index >= 15 is 0 Å². The standard InChI is InChI=1S/C17H18N2O3S/c1-4-9-23(21)16-11-13(6-8-15(16)22-3)5-7-14-12(2)10-17(20)19-18-14/h1,5-8,11-12H,9-10H2,2-3H3,(H,19,20). The molecular weight excluding hydrogens is 312 g/mol. The Hall–Kier alpha value is -2.23. The van der Waals surface area contributed by atoms with Gasteiger partial charge in [-0.3, -0.25) is 4.79 Å². The molecule has 1 aliphatic rings. The molecule has 0 radical (unpaired) electrons. The Kier molecular flexibility index (Phi) is 5.85. The maximum atomic E-state index is 12.2. The van der Waals surface area contributed by atoms with Crippen molar-refractivity contribution in [3.63, 3.8) is 0 Å². The number of nitrogens with zero attached hydrogens (tertiary/aromatic N) is 1. The van der Waals surface area contributed by atoms with Gasteiger partial charge < -0.3 is 9.29 Å². The molecule has 23 heavy (non-hydrogen) atoms. The maximum absolute atomic E-state index is 12.2. The highest BCUT2D eigenvalue weighted by Gasteiger charge is 2.19. The van der Waals surface area contributed by atoms with E-state index in [1.54, 1.807) is 12.1 Å². The van der Waals surface area contributed by atoms with Crippen molar-refractivity contribution in [3.8, 4) is 18.1 Å². The highest BCUT2D eigenvalue weighted by atomic mass is 32.2. The first-order valence-corrected chi connectivity index (χ1v) is 8.41. The van der Waals surface area contributed by atoms with Gasteiger partial charge in [0.25, 0.3) is 0 Å². The Morgan fingerprint density at radius 3 is 3.00 bits per heavy atom. The van der Waals surface area contributed by atoms with Crippen LogP contribution in [-0.2, 0) is 16.0 Å². The predicted octanol–water partition coefficient (Wildman–Crippen LogP) is 1.96. The number of benzene rings is 1. The van der Waals surface area contributed by atoms with Crippen LogP contribution in [0.1, 0.15) is 18.9 Å². The fourth-order valence-electron chi connectivity index (χ4n) is 2.18. The van der Waals surface area contributed by atoms with E-state index in [0.717, 1.165) is 11.3 Å². The van der Waals surface area contributed by atoms with Crippen molar-refractivity contribution in [2.45, 2.75) is 18.2 Å². The van der Waals surface area contributed by atoms with Gasteiger partial charge in [0, 0.05) is 29.6 Å². The zero-order valence-electron chi connectivity index (χ0n) is 13.0. The molecule has 6 heteroatoms. The Balaban J connectivity index is 2.24. The Bertz CT molecular complexity index is 692. The van der Waals surface area contributed by atoms with Crippen molar-refractivity contribution in [2.75, 3.05) is 12.9 Å². The number of terminal acetylenes is 1. The number of methoxy groups -OCH3 is 1. The highest BCUT2D eigenvalue weighted by molar-refractivity contribution is 7.91. The number of nitrogens with one attached hydrogen (secondary N) is 1. The fraction of sp³-hybridized carbons (Fsp3) is 0.294. The molecular formula is C17H18N2O3S. The van der Waals surface area contributed by atoms with E-state index in [4.69, 9.17) is 11.2 Å². The normalized spacial score (nSPS) is 19.0. The average molecular weight is 330 g/mol. The number of hydrazone groups is 1. The van der Waals surface area contributed by atoms with Gasteiger partial charge in [0.15, 0.2) is 16.4 Å². The van der Waals surface area contributed by atoms with Gasteiger partial charge >= 0.3 is 0 Å². The van der Waals surface area contributed by atoms with Crippen molar-refractivity contribution in [1.82, 2.24) is 5.43 Å². The minimum Gasteiger partial charge on any atom is -0.611 e. The Labute approximate surface area is 139 Å². The van der Waals surface area contributed by atoms with E-state index < -0.39 is 11.2 Å². The molecule has 1 aromatic rings. The lowest BCUT2D eigenvalue weighted by Crippen LogP contribution is -2.30. The number of carbonyl (C=O) groups is 1. The summed E-state index contributed by atoms with van der Waals surface area (Å²) in [6.45, 7) is 1.95. The molecule has 0 bridgehead atoms. The van der Waals surface area contributed by atoms with Gasteiger partial charge in [0.2, 0.25) is 5.91 Å². The summed E-state index contributed by atoms with van der Waals surface area (Å²) in [5.41, 5.74) is 4.13. The van der Waals surface area contributed by atoms with E-state index in [1.807, 2.05) is 25.1 Å². The number of ether oxygens (including phenoxy) is 1. The molecule has 0 saturated heterocycles. The van der Waals surface area contributed by atoms with Gasteiger partial charge in [-0.1, -0.05) is 25.0 Å². The third kappa shape index (κ3) is 4.38. The second kappa shape index (κ2) is 7.86. The molecule has 0 saturated carbocycles. The molecule has 2 rings (SSSR count). The van der Waals surface area contributed by atoms with Gasteiger partial charge in [-0.05, 0) is 17.7 Å². The van der Waals surface area contributed by atoms with Crippen LogP contribution in [0.25, 0.3) is 6.08 Å². The van der Waals surface area contributed by atoms with E-state index in [9.17, 15) is 9.35 Å². The molecule has 2 unspecified atom stereocenters. The SMILES string of the molecule is C#CC[S+]([O-])c1cc(C=CC2=NNC(=O)CC2C)ccc1OC. The monoisotopic (exact) mass is 330 g/mol. The molecule has 120 valence electrons. The molecule has 1 amide bonds. The quantitative estimate of drug-likeness (QED) is 0.662. The number of hydrogen-bond acceptors (Lipinski definition) is 4. The van der Waals surface area contributed by atoms with Crippen LogP contribution in [0.2, 0.25) is 0 Å². The second-order valence-corrected chi connectivity index (χ2v) is 6.53. The summed E-state index contributed by atoms with van der Waals surface area (Å²) >= 11 is -1.31. The number of allylic oxidation sites excluding steroid dienone is 1. The summed E-state index contributed by atoms with van der Waals surface area (Å²) < 4.78 is 17.4. The number of hydrogen-bond donors (Lipinski definition) is 1. The van der Waals surface area contributed by atoms with Gasteiger partial charge in [0.1, 0.15) is 0 Å². The minimum absolute atomic E-state index is 0.0632. The number of amides is 1. The fourth-order valence-corrected chi connectivity index (χ4v) is 3.13. The number of carbonyl (C=O) groups excluding carboxylic acids is 1. The average Bonchev–Trinajstić information content (AvgIpc) is 2.54. The number of rotatable bonds is 5. The van der Waals surface area contributed by atoms with Crippen LogP contribution in [0.15, 0.2) is 34.3 Å². The summed E-state index contributed by atoms with van der Waals surface area (Å²) in [4.78, 5) is 11.8. The first-order chi connectivity index (χ1) is 11.0. The molecule has 2 atom stereocenters. The molecule has 0 spiro atoms. The zero-order valence-corrected chi connectivity index (χ0v) is 13.9. The lowest BCUT2D eigenvalue weighted by Gasteiger charge is -2.16. The maximum Gasteiger partial charge on any atom is 0.240 e. The molecule has 0 fully saturated rings. The lowest BCUT2D eigenvalue weighted by atomic mass is 9.99. The second-order valence-electron chi connectivity index (χ2n) is 5.11. The smallest absolute Gasteiger partial charge is 0.240 e. The molecule has 5 nitrogen and oxygen atoms in total. The minimum atomic E-state index is -1.31. The molecule has 0 aromatic heterocycles. The lowest BCUT2D eigenvalue weighted by molar-refractivity contribution is -0.121. The van der Waals surface area contributed by atoms with Crippen LogP contribution in [-0.4, -0.2) is 29.0 Å². The largest absolute Gasteiger partial charge is 0.611 e. The van der Waals surface area contributed by atoms with Crippen molar-refractivity contribution < 1.29 is 14.1 Å². The van der Waals surface area contributed by atoms with E-state index in [-0.39, 0.29) is 17.6 Å². The van der Waals surface area contributed by atoms with Crippen molar-refractivity contribution in [2.24, 2.45) is 11.0 Å². The molecule has 1 aliphatic heterocycles. The third-order valence-corrected chi connectivity index (χ3v) is 4.64. The van der Waals surface area contributed by atoms with Crippen LogP contribution in [0.5, 0.6) is 5.75 Å². The summed E-state index contributed by atoms with van der Waals surface area (Å²) in [6, 6.07) is 5.41. The first kappa shape index (κ1) is 17.1. The summed E-state index contributed by atoms with van der Waals surface area (Å²) in [5, 5.41) is 4.05. The van der Waals surface area contributed by atoms with E-state index in [2.05, 4.69) is 16.4 Å². The van der Waals surface area contributed by atoms with E-state index in [0.29, 0.717) is 17.1 Å². The van der Waals surface area contributed by atoms with Crippen molar-refractivity contribution >= 4 is 28.9 Å². The Morgan fingerprint density at radius 2 is 2.35 bits per heavy atom. The summed E-state index contributed by atoms with van der Waals surface area (Å²) in [6.07, 6.45) is 9.36. The third-order valence-electron chi connectivity index (χ3n) is 3.40. The zero-order chi connectivity index (χ0) is 16.8. The molecule has 0 aliphatic carbocycles. The van der Waals surface area contributed by atoms with Crippen molar-refractivity contribution in [3.05, 3.63) is 29.8 Å². The van der Waals surface area contributed by atoms with Crippen LogP contribution in [0.3, 0.4) is 0 Å². The topological polar surface area (TPSA) is 73.8 Å². The van der Waals surface area contributed by atoms with Crippen LogP contribution >= 0.6 is 0 Å². The van der Waals surface area contributed by atoms with Gasteiger partial charge in [-0.2, -0.15) is 5.10 Å². The van der Waals surface area contributed by atoms with Gasteiger partial charge in [-0.15, -0.1) is 6.42 Å².